The van der Waals surface area contributed by atoms with E-state index in [1.54, 1.807) is 6.07 Å². The first-order valence-electron chi connectivity index (χ1n) is 11.7. The molecule has 0 aromatic heterocycles. The zero-order valence-corrected chi connectivity index (χ0v) is 20.7. The van der Waals surface area contributed by atoms with Crippen LogP contribution >= 0.6 is 0 Å². The summed E-state index contributed by atoms with van der Waals surface area (Å²) in [4.78, 5) is 11.7. The third kappa shape index (κ3) is 4.48. The fraction of sp³-hybridized carbons (Fsp3) is 0.321. The van der Waals surface area contributed by atoms with E-state index in [1.807, 2.05) is 6.07 Å². The zero-order chi connectivity index (χ0) is 23.5. The van der Waals surface area contributed by atoms with Gasteiger partial charge < -0.3 is 15.2 Å². The van der Waals surface area contributed by atoms with Crippen LogP contribution in [0, 0.1) is 0 Å². The Morgan fingerprint density at radius 2 is 1.55 bits per heavy atom. The van der Waals surface area contributed by atoms with Gasteiger partial charge in [-0.15, -0.1) is 0 Å². The molecule has 0 amide bonds. The minimum absolute atomic E-state index is 0.0789. The van der Waals surface area contributed by atoms with Gasteiger partial charge >= 0.3 is 5.97 Å². The first-order chi connectivity index (χ1) is 15.8. The average Bonchev–Trinajstić information content (AvgIpc) is 2.82. The molecule has 0 unspecified atom stereocenters. The Hall–Kier alpha value is -2.89. The van der Waals surface area contributed by atoms with Gasteiger partial charge in [0.25, 0.3) is 0 Å². The lowest BCUT2D eigenvalue weighted by molar-refractivity contribution is 0.0695. The summed E-state index contributed by atoms with van der Waals surface area (Å²) in [5, 5.41) is 15.8. The van der Waals surface area contributed by atoms with Gasteiger partial charge in [0.05, 0.1) is 12.2 Å². The van der Waals surface area contributed by atoms with Crippen LogP contribution in [-0.4, -0.2) is 32.3 Å². The number of rotatable bonds is 7. The molecule has 0 atom stereocenters. The van der Waals surface area contributed by atoms with Crippen molar-refractivity contribution in [1.29, 1.82) is 0 Å². The van der Waals surface area contributed by atoms with Gasteiger partial charge in [-0.2, -0.15) is 0 Å². The number of hydrogen-bond acceptors (Lipinski definition) is 3. The highest BCUT2D eigenvalue weighted by atomic mass is 28.3. The highest BCUT2D eigenvalue weighted by molar-refractivity contribution is 7.04. The van der Waals surface area contributed by atoms with Crippen LogP contribution in [0.1, 0.15) is 42.3 Å². The molecule has 1 heterocycles. The topological polar surface area (TPSA) is 58.6 Å². The van der Waals surface area contributed by atoms with Crippen LogP contribution in [0.3, 0.4) is 0 Å². The maximum atomic E-state index is 11.7. The number of ether oxygens (including phenoxy) is 1. The molecule has 0 spiro atoms. The number of aromatic carboxylic acids is 1. The van der Waals surface area contributed by atoms with Crippen LogP contribution in [0.25, 0.3) is 0 Å². The van der Waals surface area contributed by atoms with E-state index in [0.29, 0.717) is 18.7 Å². The van der Waals surface area contributed by atoms with Gasteiger partial charge in [-0.05, 0) is 41.7 Å². The summed E-state index contributed by atoms with van der Waals surface area (Å²) in [7, 11) is -2.20. The lowest BCUT2D eigenvalue weighted by atomic mass is 9.95. The van der Waals surface area contributed by atoms with Crippen molar-refractivity contribution in [2.24, 2.45) is 0 Å². The van der Waals surface area contributed by atoms with Gasteiger partial charge in [0.1, 0.15) is 13.8 Å². The average molecular weight is 460 g/mol. The molecule has 0 aliphatic carbocycles. The maximum absolute atomic E-state index is 11.7. The Labute approximate surface area is 197 Å². The van der Waals surface area contributed by atoms with E-state index in [4.69, 9.17) is 4.74 Å². The normalized spacial score (nSPS) is 13.9. The summed E-state index contributed by atoms with van der Waals surface area (Å²) < 4.78 is 6.45. The highest BCUT2D eigenvalue weighted by Crippen LogP contribution is 2.39. The molecule has 172 valence electrons. The van der Waals surface area contributed by atoms with E-state index in [2.05, 4.69) is 86.8 Å². The first kappa shape index (κ1) is 23.3. The lowest BCUT2D eigenvalue weighted by Gasteiger charge is -2.44. The summed E-state index contributed by atoms with van der Waals surface area (Å²) >= 11 is 0. The van der Waals surface area contributed by atoms with Crippen molar-refractivity contribution in [3.8, 4) is 5.75 Å². The Balaban J connectivity index is 1.69. The third-order valence-corrected chi connectivity index (χ3v) is 13.2. The van der Waals surface area contributed by atoms with Crippen molar-refractivity contribution in [3.05, 3.63) is 89.5 Å². The molecule has 1 aliphatic rings. The molecule has 0 bridgehead atoms. The summed E-state index contributed by atoms with van der Waals surface area (Å²) in [5.74, 6) is -0.0526. The second kappa shape index (κ2) is 9.54. The molecule has 0 radical (unpaired) electrons. The van der Waals surface area contributed by atoms with E-state index in [0.717, 1.165) is 35.9 Å². The smallest absolute Gasteiger partial charge is 0.336 e. The predicted octanol–water partition coefficient (Wildman–Crippen LogP) is 4.47. The minimum Gasteiger partial charge on any atom is -0.494 e. The molecule has 0 saturated heterocycles. The van der Waals surface area contributed by atoms with E-state index in [-0.39, 0.29) is 5.04 Å². The predicted molar refractivity (Wildman–Crippen MR) is 137 cm³/mol. The van der Waals surface area contributed by atoms with Crippen molar-refractivity contribution in [3.63, 3.8) is 0 Å². The lowest BCUT2D eigenvalue weighted by Crippen LogP contribution is -2.64. The molecule has 4 nitrogen and oxygen atoms in total. The number of fused-ring (bicyclic) bond motifs is 1. The standard InChI is InChI=1S/C28H33NO3Si/c1-28(2,3)33(21-10-6-4-7-11-21,22-12-8-5-9-13-22)19-18-32-26-15-14-24(27(30)31)25-20-29-17-16-23(25)26/h4-15,29H,16-20H2,1-3H3,(H,30,31). The molecular formula is C28H33NO3Si. The van der Waals surface area contributed by atoms with Gasteiger partial charge in [-0.25, -0.2) is 4.79 Å². The molecule has 5 heteroatoms. The molecule has 3 aromatic rings. The number of hydrogen-bond donors (Lipinski definition) is 2. The molecule has 0 fully saturated rings. The van der Waals surface area contributed by atoms with Crippen LogP contribution in [-0.2, 0) is 13.0 Å². The fourth-order valence-electron chi connectivity index (χ4n) is 5.37. The number of carboxylic acids is 1. The number of nitrogens with one attached hydrogen (secondary N) is 1. The molecule has 1 aliphatic heterocycles. The second-order valence-corrected chi connectivity index (χ2v) is 14.8. The van der Waals surface area contributed by atoms with Gasteiger partial charge in [0, 0.05) is 12.1 Å². The molecular weight excluding hydrogens is 426 g/mol. The van der Waals surface area contributed by atoms with Crippen LogP contribution in [0.2, 0.25) is 11.1 Å². The van der Waals surface area contributed by atoms with Gasteiger partial charge in [-0.3, -0.25) is 0 Å². The summed E-state index contributed by atoms with van der Waals surface area (Å²) in [6, 6.07) is 26.3. The van der Waals surface area contributed by atoms with Crippen molar-refractivity contribution in [1.82, 2.24) is 5.32 Å². The van der Waals surface area contributed by atoms with Gasteiger partial charge in [-0.1, -0.05) is 91.8 Å². The SMILES string of the molecule is CC(C)(C)[Si](CCOc1ccc(C(=O)O)c2c1CCNC2)(c1ccccc1)c1ccccc1. The quantitative estimate of drug-likeness (QED) is 0.512. The first-order valence-corrected chi connectivity index (χ1v) is 13.9. The van der Waals surface area contributed by atoms with Crippen molar-refractivity contribution >= 4 is 24.4 Å². The van der Waals surface area contributed by atoms with Crippen molar-refractivity contribution in [2.45, 2.75) is 44.8 Å². The number of benzene rings is 3. The van der Waals surface area contributed by atoms with E-state index >= 15 is 0 Å². The van der Waals surface area contributed by atoms with E-state index in [1.165, 1.54) is 10.4 Å². The molecule has 0 saturated carbocycles. The fourth-order valence-corrected chi connectivity index (χ4v) is 10.7. The maximum Gasteiger partial charge on any atom is 0.336 e. The van der Waals surface area contributed by atoms with Crippen LogP contribution < -0.4 is 20.4 Å². The Morgan fingerprint density at radius 1 is 0.939 bits per heavy atom. The minimum atomic E-state index is -2.20. The van der Waals surface area contributed by atoms with Gasteiger partial charge in [0.2, 0.25) is 0 Å². The van der Waals surface area contributed by atoms with E-state index in [9.17, 15) is 9.90 Å². The molecule has 4 rings (SSSR count). The summed E-state index contributed by atoms with van der Waals surface area (Å²) in [6.45, 7) is 9.07. The zero-order valence-electron chi connectivity index (χ0n) is 19.7. The third-order valence-electron chi connectivity index (χ3n) is 7.02. The van der Waals surface area contributed by atoms with Gasteiger partial charge in [0.15, 0.2) is 0 Å². The number of carboxylic acid groups (broad SMARTS) is 1. The summed E-state index contributed by atoms with van der Waals surface area (Å²) in [5.41, 5.74) is 2.27. The monoisotopic (exact) mass is 459 g/mol. The second-order valence-electron chi connectivity index (χ2n) is 9.79. The van der Waals surface area contributed by atoms with Crippen LogP contribution in [0.5, 0.6) is 5.75 Å². The Morgan fingerprint density at radius 3 is 2.09 bits per heavy atom. The molecule has 33 heavy (non-hydrogen) atoms. The molecule has 3 aromatic carbocycles. The number of carbonyl (C=O) groups is 1. The van der Waals surface area contributed by atoms with Crippen LogP contribution in [0.15, 0.2) is 72.8 Å². The Bertz CT molecular complexity index is 1070. The summed E-state index contributed by atoms with van der Waals surface area (Å²) in [6.07, 6.45) is 0.783. The van der Waals surface area contributed by atoms with Crippen molar-refractivity contribution < 1.29 is 14.6 Å². The molecule has 2 N–H and O–H groups in total. The highest BCUT2D eigenvalue weighted by Gasteiger charge is 2.47. The largest absolute Gasteiger partial charge is 0.494 e. The van der Waals surface area contributed by atoms with Crippen molar-refractivity contribution in [2.75, 3.05) is 13.2 Å². The van der Waals surface area contributed by atoms with Crippen LogP contribution in [0.4, 0.5) is 0 Å². The van der Waals surface area contributed by atoms with E-state index < -0.39 is 14.0 Å². The Kier molecular flexibility index (Phi) is 6.72.